The van der Waals surface area contributed by atoms with E-state index in [0.29, 0.717) is 0 Å². The molecule has 0 N–H and O–H groups in total. The second kappa shape index (κ2) is 11.5. The van der Waals surface area contributed by atoms with Crippen LogP contribution in [-0.2, 0) is 0 Å². The van der Waals surface area contributed by atoms with Gasteiger partial charge in [-0.15, -0.1) is 0 Å². The molecular formula is C16H34. The van der Waals surface area contributed by atoms with Crippen LogP contribution in [0.1, 0.15) is 91.9 Å². The Balaban J connectivity index is 3.89. The van der Waals surface area contributed by atoms with Gasteiger partial charge in [0.25, 0.3) is 0 Å². The van der Waals surface area contributed by atoms with E-state index in [1.807, 2.05) is 0 Å². The molecule has 0 aliphatic heterocycles. The van der Waals surface area contributed by atoms with Crippen LogP contribution in [0.3, 0.4) is 0 Å². The Labute approximate surface area is 104 Å². The van der Waals surface area contributed by atoms with E-state index >= 15 is 0 Å². The van der Waals surface area contributed by atoms with Gasteiger partial charge in [-0.25, -0.2) is 0 Å². The average Bonchev–Trinajstić information content (AvgIpc) is 2.29. The van der Waals surface area contributed by atoms with Crippen molar-refractivity contribution in [3.63, 3.8) is 0 Å². The molecule has 0 rings (SSSR count). The molecule has 0 saturated carbocycles. The molecule has 0 nitrogen and oxygen atoms in total. The Hall–Kier alpha value is 0. The van der Waals surface area contributed by atoms with Crippen molar-refractivity contribution in [2.75, 3.05) is 0 Å². The molecule has 98 valence electrons. The third-order valence-corrected chi connectivity index (χ3v) is 3.94. The molecule has 0 fully saturated rings. The smallest absolute Gasteiger partial charge is 0.0386 e. The highest BCUT2D eigenvalue weighted by molar-refractivity contribution is 4.69. The van der Waals surface area contributed by atoms with Crippen LogP contribution >= 0.6 is 0 Å². The maximum atomic E-state index is 2.39. The number of rotatable bonds is 11. The molecule has 0 bridgehead atoms. The fourth-order valence-corrected chi connectivity index (χ4v) is 2.96. The zero-order chi connectivity index (χ0) is 12.2. The van der Waals surface area contributed by atoms with Crippen LogP contribution in [0.4, 0.5) is 0 Å². The minimum absolute atomic E-state index is 1.01. The van der Waals surface area contributed by atoms with E-state index in [1.54, 1.807) is 0 Å². The summed E-state index contributed by atoms with van der Waals surface area (Å²) in [4.78, 5) is 0. The van der Waals surface area contributed by atoms with Crippen LogP contribution in [0, 0.1) is 11.8 Å². The summed E-state index contributed by atoms with van der Waals surface area (Å²) >= 11 is 0. The Morgan fingerprint density at radius 3 is 1.62 bits per heavy atom. The number of hydrogen-bond acceptors (Lipinski definition) is 0. The summed E-state index contributed by atoms with van der Waals surface area (Å²) in [5.41, 5.74) is 0. The van der Waals surface area contributed by atoms with Crippen LogP contribution in [0.15, 0.2) is 0 Å². The van der Waals surface area contributed by atoms with Gasteiger partial charge in [-0.1, -0.05) is 91.9 Å². The van der Waals surface area contributed by atoms with Crippen molar-refractivity contribution in [2.24, 2.45) is 11.8 Å². The number of hydrogen-bond donors (Lipinski definition) is 0. The molecule has 0 aliphatic carbocycles. The second-order valence-corrected chi connectivity index (χ2v) is 5.36. The largest absolute Gasteiger partial charge is 0.0654 e. The van der Waals surface area contributed by atoms with Crippen molar-refractivity contribution in [3.05, 3.63) is 0 Å². The van der Waals surface area contributed by atoms with Crippen molar-refractivity contribution in [3.8, 4) is 0 Å². The summed E-state index contributed by atoms with van der Waals surface area (Å²) in [5, 5.41) is 0. The molecule has 0 aromatic carbocycles. The molecule has 0 spiro atoms. The molecule has 0 aliphatic rings. The van der Waals surface area contributed by atoms with Crippen molar-refractivity contribution in [2.45, 2.75) is 91.9 Å². The Morgan fingerprint density at radius 1 is 0.562 bits per heavy atom. The van der Waals surface area contributed by atoms with Gasteiger partial charge < -0.3 is 0 Å². The summed E-state index contributed by atoms with van der Waals surface area (Å²) in [6, 6.07) is 0. The Kier molecular flexibility index (Phi) is 11.5. The van der Waals surface area contributed by atoms with E-state index < -0.39 is 0 Å². The van der Waals surface area contributed by atoms with Crippen molar-refractivity contribution >= 4 is 0 Å². The molecule has 0 heterocycles. The lowest BCUT2D eigenvalue weighted by atomic mass is 9.80. The van der Waals surface area contributed by atoms with Gasteiger partial charge in [-0.2, -0.15) is 0 Å². The maximum absolute atomic E-state index is 2.39. The highest BCUT2D eigenvalue weighted by Crippen LogP contribution is 2.29. The molecule has 0 radical (unpaired) electrons. The Morgan fingerprint density at radius 2 is 1.19 bits per heavy atom. The lowest BCUT2D eigenvalue weighted by molar-refractivity contribution is 0.259. The minimum atomic E-state index is 1.01. The van der Waals surface area contributed by atoms with Crippen LogP contribution in [0.5, 0.6) is 0 Å². The zero-order valence-corrected chi connectivity index (χ0v) is 12.2. The Bertz CT molecular complexity index is 122. The topological polar surface area (TPSA) is 0 Å². The van der Waals surface area contributed by atoms with Crippen molar-refractivity contribution in [1.82, 2.24) is 0 Å². The van der Waals surface area contributed by atoms with E-state index in [-0.39, 0.29) is 0 Å². The molecule has 0 aromatic rings. The summed E-state index contributed by atoms with van der Waals surface area (Å²) < 4.78 is 0. The van der Waals surface area contributed by atoms with E-state index in [1.165, 1.54) is 64.2 Å². The monoisotopic (exact) mass is 226 g/mol. The minimum Gasteiger partial charge on any atom is -0.0654 e. The van der Waals surface area contributed by atoms with Crippen molar-refractivity contribution < 1.29 is 0 Å². The van der Waals surface area contributed by atoms with E-state index in [0.717, 1.165) is 11.8 Å². The third-order valence-electron chi connectivity index (χ3n) is 3.94. The maximum Gasteiger partial charge on any atom is -0.0386 e. The van der Waals surface area contributed by atoms with E-state index in [4.69, 9.17) is 0 Å². The fourth-order valence-electron chi connectivity index (χ4n) is 2.96. The van der Waals surface area contributed by atoms with Gasteiger partial charge in [-0.3, -0.25) is 0 Å². The molecule has 1 unspecified atom stereocenters. The average molecular weight is 226 g/mol. The van der Waals surface area contributed by atoms with E-state index in [2.05, 4.69) is 27.7 Å². The van der Waals surface area contributed by atoms with Crippen LogP contribution in [0.2, 0.25) is 0 Å². The first-order chi connectivity index (χ1) is 7.79. The van der Waals surface area contributed by atoms with Crippen LogP contribution in [0.25, 0.3) is 0 Å². The molecule has 0 aromatic heterocycles. The molecule has 1 atom stereocenters. The van der Waals surface area contributed by atoms with E-state index in [9.17, 15) is 0 Å². The van der Waals surface area contributed by atoms with Crippen molar-refractivity contribution in [1.29, 1.82) is 0 Å². The molecule has 16 heavy (non-hydrogen) atoms. The van der Waals surface area contributed by atoms with Crippen LogP contribution < -0.4 is 0 Å². The van der Waals surface area contributed by atoms with Crippen LogP contribution in [-0.4, -0.2) is 0 Å². The number of unbranched alkanes of at least 4 members (excludes halogenated alkanes) is 3. The molecule has 0 saturated heterocycles. The highest BCUT2D eigenvalue weighted by Gasteiger charge is 2.17. The quantitative estimate of drug-likeness (QED) is 0.368. The van der Waals surface area contributed by atoms with Gasteiger partial charge in [0.1, 0.15) is 0 Å². The lowest BCUT2D eigenvalue weighted by Crippen LogP contribution is -2.14. The predicted octanol–water partition coefficient (Wildman–Crippen LogP) is 6.20. The summed E-state index contributed by atoms with van der Waals surface area (Å²) in [6.07, 6.45) is 14.3. The summed E-state index contributed by atoms with van der Waals surface area (Å²) in [5.74, 6) is 2.03. The van der Waals surface area contributed by atoms with Gasteiger partial charge in [0.15, 0.2) is 0 Å². The van der Waals surface area contributed by atoms with Gasteiger partial charge in [0, 0.05) is 0 Å². The van der Waals surface area contributed by atoms with Gasteiger partial charge in [0.2, 0.25) is 0 Å². The van der Waals surface area contributed by atoms with Gasteiger partial charge in [-0.05, 0) is 11.8 Å². The lowest BCUT2D eigenvalue weighted by Gasteiger charge is -2.25. The zero-order valence-electron chi connectivity index (χ0n) is 12.2. The first-order valence-electron chi connectivity index (χ1n) is 7.79. The standard InChI is InChI=1S/C16H34/c1-5-9-10-11-14-15(8-4)16(12-6-2)13-7-3/h15-16H,5-14H2,1-4H3. The molecule has 0 heteroatoms. The first-order valence-corrected chi connectivity index (χ1v) is 7.79. The second-order valence-electron chi connectivity index (χ2n) is 5.36. The molecular weight excluding hydrogens is 192 g/mol. The molecule has 0 amide bonds. The SMILES string of the molecule is CCCCCCC(CC)C(CCC)CCC. The van der Waals surface area contributed by atoms with Gasteiger partial charge in [0.05, 0.1) is 0 Å². The normalized spacial score (nSPS) is 13.3. The summed E-state index contributed by atoms with van der Waals surface area (Å²) in [6.45, 7) is 9.37. The van der Waals surface area contributed by atoms with Gasteiger partial charge >= 0.3 is 0 Å². The third kappa shape index (κ3) is 7.30. The first kappa shape index (κ1) is 16.0. The summed E-state index contributed by atoms with van der Waals surface area (Å²) in [7, 11) is 0. The fraction of sp³-hybridized carbons (Fsp3) is 1.00. The highest BCUT2D eigenvalue weighted by atomic mass is 14.2. The predicted molar refractivity (Wildman–Crippen MR) is 75.8 cm³/mol.